The van der Waals surface area contributed by atoms with Gasteiger partial charge in [-0.05, 0) is 31.6 Å². The van der Waals surface area contributed by atoms with E-state index in [4.69, 9.17) is 5.73 Å². The maximum Gasteiger partial charge on any atom is 0.241 e. The number of nitrogens with two attached hydrogens (primary N) is 1. The Morgan fingerprint density at radius 2 is 2.05 bits per heavy atom. The molecule has 2 aliphatic rings. The minimum atomic E-state index is -3.25. The van der Waals surface area contributed by atoms with Crippen LogP contribution in [0, 0.1) is 5.92 Å². The van der Waals surface area contributed by atoms with Gasteiger partial charge in [0.2, 0.25) is 5.91 Å². The second-order valence-electron chi connectivity index (χ2n) is 6.07. The third-order valence-corrected chi connectivity index (χ3v) is 6.97. The van der Waals surface area contributed by atoms with Crippen LogP contribution in [0.4, 0.5) is 0 Å². The lowest BCUT2D eigenvalue weighted by atomic mass is 9.88. The molecule has 0 aromatic carbocycles. The second-order valence-corrected chi connectivity index (χ2v) is 8.37. The zero-order valence-corrected chi connectivity index (χ0v) is 13.1. The number of likely N-dealkylation sites (tertiary alicyclic amines) is 1. The van der Waals surface area contributed by atoms with E-state index in [0.717, 1.165) is 25.7 Å². The number of carbonyl (C=O) groups excluding carboxylic acids is 1. The van der Waals surface area contributed by atoms with Gasteiger partial charge >= 0.3 is 0 Å². The Morgan fingerprint density at radius 1 is 1.30 bits per heavy atom. The third kappa shape index (κ3) is 3.17. The van der Waals surface area contributed by atoms with Gasteiger partial charge in [0, 0.05) is 19.1 Å². The summed E-state index contributed by atoms with van der Waals surface area (Å²) in [4.78, 5) is 14.4. The van der Waals surface area contributed by atoms with Crippen molar-refractivity contribution in [3.8, 4) is 0 Å². The highest BCUT2D eigenvalue weighted by molar-refractivity contribution is 7.92. The normalized spacial score (nSPS) is 33.9. The zero-order valence-electron chi connectivity index (χ0n) is 12.3. The van der Waals surface area contributed by atoms with Crippen molar-refractivity contribution >= 4 is 15.7 Å². The monoisotopic (exact) mass is 302 g/mol. The number of carbonyl (C=O) groups is 1. The first-order chi connectivity index (χ1) is 9.49. The lowest BCUT2D eigenvalue weighted by Gasteiger charge is -2.40. The van der Waals surface area contributed by atoms with Crippen LogP contribution in [0.1, 0.15) is 45.4 Å². The highest BCUT2D eigenvalue weighted by Gasteiger charge is 2.40. The fraction of sp³-hybridized carbons (Fsp3) is 0.929. The van der Waals surface area contributed by atoms with Crippen molar-refractivity contribution < 1.29 is 13.2 Å². The van der Waals surface area contributed by atoms with Crippen molar-refractivity contribution in [1.29, 1.82) is 0 Å². The Labute approximate surface area is 121 Å². The molecule has 3 unspecified atom stereocenters. The molecule has 2 N–H and O–H groups in total. The van der Waals surface area contributed by atoms with E-state index in [2.05, 4.69) is 6.92 Å². The first-order valence-corrected chi connectivity index (χ1v) is 9.43. The summed E-state index contributed by atoms with van der Waals surface area (Å²) in [7, 11) is -3.25. The first kappa shape index (κ1) is 15.8. The van der Waals surface area contributed by atoms with Gasteiger partial charge in [0.15, 0.2) is 9.84 Å². The number of amides is 1. The first-order valence-electron chi connectivity index (χ1n) is 7.71. The van der Waals surface area contributed by atoms with Crippen LogP contribution in [0.2, 0.25) is 0 Å². The molecule has 5 nitrogen and oxygen atoms in total. The smallest absolute Gasteiger partial charge is 0.241 e. The molecule has 0 aromatic heterocycles. The average Bonchev–Trinajstić information content (AvgIpc) is 2.45. The van der Waals surface area contributed by atoms with E-state index in [9.17, 15) is 13.2 Å². The van der Waals surface area contributed by atoms with Gasteiger partial charge in [-0.1, -0.05) is 19.8 Å². The second kappa shape index (κ2) is 6.43. The molecule has 2 rings (SSSR count). The molecule has 2 aliphatic heterocycles. The van der Waals surface area contributed by atoms with Crippen LogP contribution in [0.5, 0.6) is 0 Å². The highest BCUT2D eigenvalue weighted by Crippen LogP contribution is 2.28. The summed E-state index contributed by atoms with van der Waals surface area (Å²) in [6.45, 7) is 3.24. The van der Waals surface area contributed by atoms with Crippen molar-refractivity contribution in [3.05, 3.63) is 0 Å². The van der Waals surface area contributed by atoms with Crippen LogP contribution in [0.25, 0.3) is 0 Å². The molecule has 0 bridgehead atoms. The number of hydrogen-bond acceptors (Lipinski definition) is 4. The molecule has 2 saturated heterocycles. The number of sulfone groups is 1. The third-order valence-electron chi connectivity index (χ3n) is 4.81. The Balaban J connectivity index is 2.11. The Morgan fingerprint density at radius 3 is 2.65 bits per heavy atom. The average molecular weight is 302 g/mol. The number of rotatable bonds is 3. The largest absolute Gasteiger partial charge is 0.337 e. The zero-order chi connectivity index (χ0) is 14.8. The predicted octanol–water partition coefficient (Wildman–Crippen LogP) is 0.930. The number of hydrogen-bond donors (Lipinski definition) is 1. The van der Waals surface area contributed by atoms with E-state index in [1.807, 2.05) is 0 Å². The quantitative estimate of drug-likeness (QED) is 0.841. The molecule has 0 radical (unpaired) electrons. The molecule has 1 amide bonds. The Kier molecular flexibility index (Phi) is 5.07. The van der Waals surface area contributed by atoms with Gasteiger partial charge in [-0.2, -0.15) is 0 Å². The van der Waals surface area contributed by atoms with Gasteiger partial charge in [0.05, 0.1) is 5.75 Å². The van der Waals surface area contributed by atoms with Crippen molar-refractivity contribution in [1.82, 2.24) is 4.90 Å². The molecule has 0 aliphatic carbocycles. The van der Waals surface area contributed by atoms with Crippen molar-refractivity contribution in [2.45, 2.75) is 56.7 Å². The summed E-state index contributed by atoms with van der Waals surface area (Å²) in [6, 6.07) is 0.0123. The maximum absolute atomic E-state index is 12.6. The fourth-order valence-corrected chi connectivity index (χ4v) is 5.29. The molecule has 3 atom stereocenters. The van der Waals surface area contributed by atoms with Crippen LogP contribution < -0.4 is 5.73 Å². The van der Waals surface area contributed by atoms with Crippen LogP contribution in [0.15, 0.2) is 0 Å². The summed E-state index contributed by atoms with van der Waals surface area (Å²) in [5.74, 6) is 0.563. The lowest BCUT2D eigenvalue weighted by molar-refractivity contribution is -0.135. The SMILES string of the molecule is CCC1CCN(C(=O)C2CCCCS2(=O)=O)C(CN)C1. The maximum atomic E-state index is 12.6. The van der Waals surface area contributed by atoms with Gasteiger partial charge < -0.3 is 10.6 Å². The van der Waals surface area contributed by atoms with Gasteiger partial charge in [-0.15, -0.1) is 0 Å². The van der Waals surface area contributed by atoms with E-state index in [1.165, 1.54) is 0 Å². The molecule has 116 valence electrons. The van der Waals surface area contributed by atoms with Gasteiger partial charge in [-0.3, -0.25) is 4.79 Å². The van der Waals surface area contributed by atoms with E-state index < -0.39 is 15.1 Å². The molecule has 2 heterocycles. The highest BCUT2D eigenvalue weighted by atomic mass is 32.2. The topological polar surface area (TPSA) is 80.5 Å². The van der Waals surface area contributed by atoms with Crippen molar-refractivity contribution in [3.63, 3.8) is 0 Å². The molecule has 0 aromatic rings. The minimum Gasteiger partial charge on any atom is -0.337 e. The standard InChI is InChI=1S/C14H26N2O3S/c1-2-11-6-7-16(12(9-11)10-15)14(17)13-5-3-4-8-20(13,18)19/h11-13H,2-10,15H2,1H3. The molecular formula is C14H26N2O3S. The van der Waals surface area contributed by atoms with Crippen LogP contribution in [0.3, 0.4) is 0 Å². The Bertz CT molecular complexity index is 449. The summed E-state index contributed by atoms with van der Waals surface area (Å²) in [5.41, 5.74) is 5.80. The molecule has 6 heteroatoms. The summed E-state index contributed by atoms with van der Waals surface area (Å²) < 4.78 is 24.2. The molecule has 0 saturated carbocycles. The minimum absolute atomic E-state index is 0.0123. The summed E-state index contributed by atoms with van der Waals surface area (Å²) >= 11 is 0. The lowest BCUT2D eigenvalue weighted by Crippen LogP contribution is -2.54. The summed E-state index contributed by atoms with van der Waals surface area (Å²) in [5, 5.41) is -0.816. The van der Waals surface area contributed by atoms with Gasteiger partial charge in [0.25, 0.3) is 0 Å². The van der Waals surface area contributed by atoms with E-state index >= 15 is 0 Å². The summed E-state index contributed by atoms with van der Waals surface area (Å²) in [6.07, 6.45) is 4.96. The van der Waals surface area contributed by atoms with E-state index in [1.54, 1.807) is 4.90 Å². The number of nitrogens with zero attached hydrogens (tertiary/aromatic N) is 1. The predicted molar refractivity (Wildman–Crippen MR) is 79.0 cm³/mol. The van der Waals surface area contributed by atoms with Gasteiger partial charge in [0.1, 0.15) is 5.25 Å². The number of piperidine rings is 1. The van der Waals surface area contributed by atoms with Crippen LogP contribution in [-0.4, -0.2) is 49.4 Å². The molecule has 2 fully saturated rings. The van der Waals surface area contributed by atoms with Crippen LogP contribution in [-0.2, 0) is 14.6 Å². The Hall–Kier alpha value is -0.620. The molecule has 0 spiro atoms. The van der Waals surface area contributed by atoms with Gasteiger partial charge in [-0.25, -0.2) is 8.42 Å². The fourth-order valence-electron chi connectivity index (χ4n) is 3.44. The van der Waals surface area contributed by atoms with Crippen LogP contribution >= 0.6 is 0 Å². The van der Waals surface area contributed by atoms with E-state index in [-0.39, 0.29) is 17.7 Å². The van der Waals surface area contributed by atoms with Crippen molar-refractivity contribution in [2.75, 3.05) is 18.8 Å². The van der Waals surface area contributed by atoms with Crippen molar-refractivity contribution in [2.24, 2.45) is 11.7 Å². The van der Waals surface area contributed by atoms with E-state index in [0.29, 0.717) is 31.8 Å². The molecule has 20 heavy (non-hydrogen) atoms. The molecular weight excluding hydrogens is 276 g/mol.